The normalized spacial score (nSPS) is 13.1. The van der Waals surface area contributed by atoms with Crippen molar-refractivity contribution in [3.63, 3.8) is 0 Å². The van der Waals surface area contributed by atoms with Crippen molar-refractivity contribution in [2.24, 2.45) is 0 Å². The molecule has 0 saturated carbocycles. The van der Waals surface area contributed by atoms with E-state index in [1.165, 1.54) is 11.3 Å². The topological polar surface area (TPSA) is 49.4 Å². The molecule has 1 aromatic heterocycles. The molecule has 2 heterocycles. The van der Waals surface area contributed by atoms with E-state index in [1.807, 2.05) is 83.1 Å². The van der Waals surface area contributed by atoms with Gasteiger partial charge in [0, 0.05) is 23.5 Å². The van der Waals surface area contributed by atoms with Crippen LogP contribution in [0.1, 0.15) is 32.0 Å². The third-order valence-corrected chi connectivity index (χ3v) is 6.33. The highest BCUT2D eigenvalue weighted by molar-refractivity contribution is 7.12. The molecule has 148 valence electrons. The van der Waals surface area contributed by atoms with Crippen LogP contribution in [0.15, 0.2) is 78.2 Å². The van der Waals surface area contributed by atoms with Gasteiger partial charge in [-0.3, -0.25) is 9.59 Å². The van der Waals surface area contributed by atoms with Crippen LogP contribution in [-0.4, -0.2) is 18.4 Å². The zero-order chi connectivity index (χ0) is 20.5. The number of nitrogens with zero attached hydrogens (tertiary/aromatic N) is 1. The van der Waals surface area contributed by atoms with E-state index in [9.17, 15) is 9.59 Å². The second-order valence-corrected chi connectivity index (χ2v) is 8.31. The number of hydrogen-bond donors (Lipinski definition) is 1. The summed E-state index contributed by atoms with van der Waals surface area (Å²) in [6.07, 6.45) is 1.87. The fourth-order valence-corrected chi connectivity index (χ4v) is 4.69. The van der Waals surface area contributed by atoms with Crippen LogP contribution >= 0.6 is 11.3 Å². The van der Waals surface area contributed by atoms with Crippen LogP contribution in [0, 0.1) is 0 Å². The van der Waals surface area contributed by atoms with E-state index in [0.717, 1.165) is 39.7 Å². The SMILES string of the molecule is O=C(Nc1ccc2c(c1)N(C(=O)c1cccs1)CCC2)c1cccc2ccccc12. The molecule has 30 heavy (non-hydrogen) atoms. The van der Waals surface area contributed by atoms with Crippen LogP contribution < -0.4 is 10.2 Å². The van der Waals surface area contributed by atoms with Gasteiger partial charge in [-0.05, 0) is 58.8 Å². The molecule has 0 spiro atoms. The maximum atomic E-state index is 13.0. The summed E-state index contributed by atoms with van der Waals surface area (Å²) in [5, 5.41) is 6.89. The molecule has 0 bridgehead atoms. The lowest BCUT2D eigenvalue weighted by Gasteiger charge is -2.29. The molecule has 4 nitrogen and oxygen atoms in total. The van der Waals surface area contributed by atoms with Crippen molar-refractivity contribution < 1.29 is 9.59 Å². The first kappa shape index (κ1) is 18.6. The first-order chi connectivity index (χ1) is 14.7. The van der Waals surface area contributed by atoms with E-state index in [4.69, 9.17) is 0 Å². The average Bonchev–Trinajstić information content (AvgIpc) is 3.33. The Labute approximate surface area is 178 Å². The molecule has 0 radical (unpaired) electrons. The summed E-state index contributed by atoms with van der Waals surface area (Å²) in [6, 6.07) is 23.2. The standard InChI is InChI=1S/C25H20N2O2S/c28-24(21-10-3-7-17-6-1-2-9-20(17)21)26-19-13-12-18-8-4-14-27(22(18)16-19)25(29)23-11-5-15-30-23/h1-3,5-7,9-13,15-16H,4,8,14H2,(H,26,28). The van der Waals surface area contributed by atoms with Gasteiger partial charge >= 0.3 is 0 Å². The van der Waals surface area contributed by atoms with Gasteiger partial charge in [-0.15, -0.1) is 11.3 Å². The minimum Gasteiger partial charge on any atom is -0.322 e. The van der Waals surface area contributed by atoms with E-state index >= 15 is 0 Å². The summed E-state index contributed by atoms with van der Waals surface area (Å²) in [5.41, 5.74) is 3.35. The molecule has 5 heteroatoms. The van der Waals surface area contributed by atoms with Crippen molar-refractivity contribution in [1.82, 2.24) is 0 Å². The Hall–Kier alpha value is -3.44. The molecule has 3 aromatic carbocycles. The van der Waals surface area contributed by atoms with Gasteiger partial charge in [-0.25, -0.2) is 0 Å². The number of carbonyl (C=O) groups is 2. The summed E-state index contributed by atoms with van der Waals surface area (Å²) in [6.45, 7) is 0.685. The number of carbonyl (C=O) groups excluding carboxylic acids is 2. The Bertz CT molecular complexity index is 1240. The van der Waals surface area contributed by atoms with Gasteiger partial charge in [0.05, 0.1) is 4.88 Å². The highest BCUT2D eigenvalue weighted by atomic mass is 32.1. The molecule has 0 atom stereocenters. The lowest BCUT2D eigenvalue weighted by Crippen LogP contribution is -2.35. The van der Waals surface area contributed by atoms with Crippen LogP contribution in [-0.2, 0) is 6.42 Å². The number of fused-ring (bicyclic) bond motifs is 2. The quantitative estimate of drug-likeness (QED) is 0.466. The van der Waals surface area contributed by atoms with Gasteiger partial charge in [-0.1, -0.05) is 48.5 Å². The summed E-state index contributed by atoms with van der Waals surface area (Å²) < 4.78 is 0. The molecule has 0 unspecified atom stereocenters. The molecule has 0 aliphatic carbocycles. The van der Waals surface area contributed by atoms with Gasteiger partial charge in [0.2, 0.25) is 0 Å². The van der Waals surface area contributed by atoms with E-state index < -0.39 is 0 Å². The Morgan fingerprint density at radius 1 is 0.933 bits per heavy atom. The predicted octanol–water partition coefficient (Wildman–Crippen LogP) is 5.75. The van der Waals surface area contributed by atoms with Crippen LogP contribution in [0.5, 0.6) is 0 Å². The molecule has 4 aromatic rings. The molecular weight excluding hydrogens is 392 g/mol. The van der Waals surface area contributed by atoms with Gasteiger partial charge < -0.3 is 10.2 Å². The molecule has 1 N–H and O–H groups in total. The predicted molar refractivity (Wildman–Crippen MR) is 123 cm³/mol. The van der Waals surface area contributed by atoms with E-state index in [-0.39, 0.29) is 11.8 Å². The van der Waals surface area contributed by atoms with Crippen molar-refractivity contribution in [2.45, 2.75) is 12.8 Å². The summed E-state index contributed by atoms with van der Waals surface area (Å²) >= 11 is 1.45. The monoisotopic (exact) mass is 412 g/mol. The number of benzene rings is 3. The van der Waals surface area contributed by atoms with Crippen LogP contribution in [0.25, 0.3) is 10.8 Å². The number of nitrogens with one attached hydrogen (secondary N) is 1. The molecule has 1 aliphatic heterocycles. The molecule has 0 saturated heterocycles. The fourth-order valence-electron chi connectivity index (χ4n) is 4.02. The zero-order valence-corrected chi connectivity index (χ0v) is 17.1. The fraction of sp³-hybridized carbons (Fsp3) is 0.120. The Morgan fingerprint density at radius 2 is 1.80 bits per heavy atom. The Balaban J connectivity index is 1.46. The molecule has 2 amide bonds. The maximum Gasteiger partial charge on any atom is 0.268 e. The van der Waals surface area contributed by atoms with Gasteiger partial charge in [0.25, 0.3) is 11.8 Å². The number of thiophene rings is 1. The Morgan fingerprint density at radius 3 is 2.67 bits per heavy atom. The first-order valence-corrected chi connectivity index (χ1v) is 10.9. The van der Waals surface area contributed by atoms with Crippen LogP contribution in [0.3, 0.4) is 0 Å². The highest BCUT2D eigenvalue weighted by Crippen LogP contribution is 2.32. The second-order valence-electron chi connectivity index (χ2n) is 7.36. The summed E-state index contributed by atoms with van der Waals surface area (Å²) in [7, 11) is 0. The van der Waals surface area contributed by atoms with Gasteiger partial charge in [0.1, 0.15) is 0 Å². The second kappa shape index (κ2) is 7.76. The molecule has 1 aliphatic rings. The number of amides is 2. The zero-order valence-electron chi connectivity index (χ0n) is 16.3. The third kappa shape index (κ3) is 3.37. The number of anilines is 2. The average molecular weight is 413 g/mol. The maximum absolute atomic E-state index is 13.0. The van der Waals surface area contributed by atoms with E-state index in [1.54, 1.807) is 0 Å². The first-order valence-electron chi connectivity index (χ1n) is 9.98. The summed E-state index contributed by atoms with van der Waals surface area (Å²) in [4.78, 5) is 28.5. The minimum absolute atomic E-state index is 0.0171. The Kier molecular flexibility index (Phi) is 4.81. The third-order valence-electron chi connectivity index (χ3n) is 5.47. The highest BCUT2D eigenvalue weighted by Gasteiger charge is 2.24. The van der Waals surface area contributed by atoms with Crippen molar-refractivity contribution >= 4 is 45.3 Å². The number of rotatable bonds is 3. The van der Waals surface area contributed by atoms with Crippen LogP contribution in [0.2, 0.25) is 0 Å². The van der Waals surface area contributed by atoms with E-state index in [0.29, 0.717) is 17.8 Å². The number of hydrogen-bond acceptors (Lipinski definition) is 3. The lowest BCUT2D eigenvalue weighted by molar-refractivity contribution is 0.0987. The lowest BCUT2D eigenvalue weighted by atomic mass is 10.0. The van der Waals surface area contributed by atoms with E-state index in [2.05, 4.69) is 5.32 Å². The van der Waals surface area contributed by atoms with Crippen molar-refractivity contribution in [3.05, 3.63) is 94.2 Å². The minimum atomic E-state index is -0.154. The molecule has 0 fully saturated rings. The van der Waals surface area contributed by atoms with Gasteiger partial charge in [-0.2, -0.15) is 0 Å². The van der Waals surface area contributed by atoms with Crippen molar-refractivity contribution in [1.29, 1.82) is 0 Å². The van der Waals surface area contributed by atoms with Crippen molar-refractivity contribution in [2.75, 3.05) is 16.8 Å². The summed E-state index contributed by atoms with van der Waals surface area (Å²) in [5.74, 6) is -0.137. The van der Waals surface area contributed by atoms with Crippen LogP contribution in [0.4, 0.5) is 11.4 Å². The van der Waals surface area contributed by atoms with Gasteiger partial charge in [0.15, 0.2) is 0 Å². The molecular formula is C25H20N2O2S. The number of aryl methyl sites for hydroxylation is 1. The molecule has 5 rings (SSSR count). The largest absolute Gasteiger partial charge is 0.322 e. The van der Waals surface area contributed by atoms with Crippen molar-refractivity contribution in [3.8, 4) is 0 Å². The smallest absolute Gasteiger partial charge is 0.268 e.